The van der Waals surface area contributed by atoms with Crippen LogP contribution in [0.5, 0.6) is 5.75 Å². The largest absolute Gasteiger partial charge is 0.463 e. The number of hydrogen-bond acceptors (Lipinski definition) is 5. The zero-order valence-corrected chi connectivity index (χ0v) is 20.8. The first kappa shape index (κ1) is 25.4. The third-order valence-corrected chi connectivity index (χ3v) is 6.19. The summed E-state index contributed by atoms with van der Waals surface area (Å²) in [5.41, 5.74) is 5.66. The summed E-state index contributed by atoms with van der Waals surface area (Å²) in [6.07, 6.45) is 2.39. The molecule has 186 valence electrons. The lowest BCUT2D eigenvalue weighted by Gasteiger charge is -2.33. The molecule has 0 spiro atoms. The third kappa shape index (κ3) is 7.91. The predicted octanol–water partition coefficient (Wildman–Crippen LogP) is 5.35. The molecular formula is C30H37NO4. The van der Waals surface area contributed by atoms with Crippen LogP contribution < -0.4 is 10.1 Å². The Morgan fingerprint density at radius 3 is 2.60 bits per heavy atom. The quantitative estimate of drug-likeness (QED) is 0.346. The molecule has 0 amide bonds. The lowest BCUT2D eigenvalue weighted by Crippen LogP contribution is -2.35. The number of ether oxygens (including phenoxy) is 3. The number of aliphatic hydroxyl groups is 1. The summed E-state index contributed by atoms with van der Waals surface area (Å²) in [7, 11) is 0. The maximum Gasteiger partial charge on any atom is 0.205 e. The van der Waals surface area contributed by atoms with Gasteiger partial charge < -0.3 is 24.6 Å². The molecule has 1 heterocycles. The second-order valence-corrected chi connectivity index (χ2v) is 9.59. The van der Waals surface area contributed by atoms with Crippen LogP contribution in [0.15, 0.2) is 72.8 Å². The van der Waals surface area contributed by atoms with Crippen molar-refractivity contribution in [2.75, 3.05) is 19.7 Å². The van der Waals surface area contributed by atoms with Crippen molar-refractivity contribution >= 4 is 0 Å². The molecule has 4 rings (SSSR count). The van der Waals surface area contributed by atoms with Crippen molar-refractivity contribution in [3.8, 4) is 5.75 Å². The molecular weight excluding hydrogens is 438 g/mol. The van der Waals surface area contributed by atoms with Crippen molar-refractivity contribution in [2.24, 2.45) is 0 Å². The molecule has 5 heteroatoms. The summed E-state index contributed by atoms with van der Waals surface area (Å²) < 4.78 is 17.4. The van der Waals surface area contributed by atoms with Crippen LogP contribution in [0.4, 0.5) is 0 Å². The normalized spacial score (nSPS) is 15.3. The van der Waals surface area contributed by atoms with Gasteiger partial charge in [0.1, 0.15) is 5.75 Å². The number of benzene rings is 3. The van der Waals surface area contributed by atoms with E-state index in [0.29, 0.717) is 19.8 Å². The third-order valence-electron chi connectivity index (χ3n) is 6.19. The van der Waals surface area contributed by atoms with E-state index in [0.717, 1.165) is 49.3 Å². The summed E-state index contributed by atoms with van der Waals surface area (Å²) in [6.45, 7) is 6.98. The van der Waals surface area contributed by atoms with E-state index in [1.165, 1.54) is 16.7 Å². The van der Waals surface area contributed by atoms with Gasteiger partial charge in [0.05, 0.1) is 19.3 Å². The summed E-state index contributed by atoms with van der Waals surface area (Å²) in [4.78, 5) is 0. The van der Waals surface area contributed by atoms with Crippen LogP contribution in [-0.2, 0) is 35.5 Å². The van der Waals surface area contributed by atoms with E-state index in [9.17, 15) is 5.11 Å². The minimum Gasteiger partial charge on any atom is -0.463 e. The Morgan fingerprint density at radius 1 is 0.943 bits per heavy atom. The monoisotopic (exact) mass is 475 g/mol. The maximum atomic E-state index is 10.6. The molecule has 0 fully saturated rings. The van der Waals surface area contributed by atoms with Gasteiger partial charge in [-0.15, -0.1) is 0 Å². The highest BCUT2D eigenvalue weighted by atomic mass is 16.7. The van der Waals surface area contributed by atoms with Gasteiger partial charge in [-0.05, 0) is 60.2 Å². The van der Waals surface area contributed by atoms with Gasteiger partial charge in [0.15, 0.2) is 0 Å². The first-order valence-electron chi connectivity index (χ1n) is 12.5. The van der Waals surface area contributed by atoms with Crippen molar-refractivity contribution < 1.29 is 19.3 Å². The summed E-state index contributed by atoms with van der Waals surface area (Å²) >= 11 is 0. The van der Waals surface area contributed by atoms with Crippen molar-refractivity contribution in [1.29, 1.82) is 0 Å². The molecule has 0 radical (unpaired) electrons. The average molecular weight is 476 g/mol. The molecule has 1 aliphatic heterocycles. The topological polar surface area (TPSA) is 60.0 Å². The Kier molecular flexibility index (Phi) is 8.94. The van der Waals surface area contributed by atoms with E-state index in [2.05, 4.69) is 53.8 Å². The molecule has 2 N–H and O–H groups in total. The molecule has 0 saturated carbocycles. The number of hydrogen-bond donors (Lipinski definition) is 2. The predicted molar refractivity (Wildman–Crippen MR) is 138 cm³/mol. The Labute approximate surface area is 209 Å². The van der Waals surface area contributed by atoms with Crippen LogP contribution in [0.1, 0.15) is 54.2 Å². The van der Waals surface area contributed by atoms with E-state index in [1.54, 1.807) is 0 Å². The molecule has 0 bridgehead atoms. The number of rotatable bonds is 12. The fourth-order valence-corrected chi connectivity index (χ4v) is 4.24. The standard InChI is InChI=1S/C30H37NO4/c1-30(2)34-22-27-19-26(13-14-29(27)35-30)28(32)20-31-16-15-24-10-6-11-25(18-24)21-33-17-7-12-23-8-4-3-5-9-23/h3-6,8-11,13-14,18-19,28,31-32H,7,12,15-17,20-22H2,1-2H3/t28-/m0/s1. The second kappa shape index (κ2) is 12.3. The van der Waals surface area contributed by atoms with Crippen LogP contribution >= 0.6 is 0 Å². The minimum absolute atomic E-state index is 0.489. The molecule has 0 aliphatic carbocycles. The highest BCUT2D eigenvalue weighted by molar-refractivity contribution is 5.39. The van der Waals surface area contributed by atoms with Crippen LogP contribution in [0.3, 0.4) is 0 Å². The van der Waals surface area contributed by atoms with E-state index in [-0.39, 0.29) is 0 Å². The maximum absolute atomic E-state index is 10.6. The van der Waals surface area contributed by atoms with Crippen LogP contribution in [0.2, 0.25) is 0 Å². The minimum atomic E-state index is -0.611. The highest BCUT2D eigenvalue weighted by Crippen LogP contribution is 2.32. The molecule has 0 saturated heterocycles. The smallest absolute Gasteiger partial charge is 0.205 e. The molecule has 0 aromatic heterocycles. The zero-order valence-electron chi connectivity index (χ0n) is 20.8. The van der Waals surface area contributed by atoms with Crippen LogP contribution in [-0.4, -0.2) is 30.6 Å². The summed E-state index contributed by atoms with van der Waals surface area (Å²) in [5.74, 6) is 0.214. The Morgan fingerprint density at radius 2 is 1.74 bits per heavy atom. The molecule has 5 nitrogen and oxygen atoms in total. The number of nitrogens with one attached hydrogen (secondary N) is 1. The van der Waals surface area contributed by atoms with E-state index >= 15 is 0 Å². The summed E-state index contributed by atoms with van der Waals surface area (Å²) in [6, 6.07) is 24.9. The molecule has 0 unspecified atom stereocenters. The molecule has 1 atom stereocenters. The zero-order chi connectivity index (χ0) is 24.5. The number of fused-ring (bicyclic) bond motifs is 1. The van der Waals surface area contributed by atoms with Gasteiger partial charge in [0.2, 0.25) is 5.79 Å². The average Bonchev–Trinajstić information content (AvgIpc) is 2.86. The Hall–Kier alpha value is -2.70. The molecule has 1 aliphatic rings. The van der Waals surface area contributed by atoms with Crippen molar-refractivity contribution in [1.82, 2.24) is 5.32 Å². The van der Waals surface area contributed by atoms with Gasteiger partial charge in [-0.2, -0.15) is 0 Å². The van der Waals surface area contributed by atoms with Crippen LogP contribution in [0.25, 0.3) is 0 Å². The lowest BCUT2D eigenvalue weighted by molar-refractivity contribution is -0.180. The SMILES string of the molecule is CC1(C)OCc2cc([C@@H](O)CNCCc3cccc(COCCCc4ccccc4)c3)ccc2O1. The summed E-state index contributed by atoms with van der Waals surface area (Å²) in [5, 5.41) is 14.0. The fourth-order valence-electron chi connectivity index (χ4n) is 4.24. The highest BCUT2D eigenvalue weighted by Gasteiger charge is 2.27. The van der Waals surface area contributed by atoms with Gasteiger partial charge >= 0.3 is 0 Å². The Bertz CT molecular complexity index is 1070. The van der Waals surface area contributed by atoms with Crippen molar-refractivity contribution in [3.05, 3.63) is 101 Å². The van der Waals surface area contributed by atoms with Gasteiger partial charge in [0.25, 0.3) is 0 Å². The van der Waals surface area contributed by atoms with E-state index in [4.69, 9.17) is 14.2 Å². The van der Waals surface area contributed by atoms with E-state index in [1.807, 2.05) is 38.1 Å². The number of aryl methyl sites for hydroxylation is 1. The first-order chi connectivity index (χ1) is 17.0. The molecule has 35 heavy (non-hydrogen) atoms. The number of aliphatic hydroxyl groups excluding tert-OH is 1. The van der Waals surface area contributed by atoms with Crippen molar-refractivity contribution in [3.63, 3.8) is 0 Å². The van der Waals surface area contributed by atoms with E-state index < -0.39 is 11.9 Å². The second-order valence-electron chi connectivity index (χ2n) is 9.59. The molecule has 3 aromatic rings. The van der Waals surface area contributed by atoms with Crippen molar-refractivity contribution in [2.45, 2.75) is 58.2 Å². The first-order valence-corrected chi connectivity index (χ1v) is 12.5. The lowest BCUT2D eigenvalue weighted by atomic mass is 10.0. The fraction of sp³-hybridized carbons (Fsp3) is 0.400. The van der Waals surface area contributed by atoms with Gasteiger partial charge in [0, 0.05) is 32.6 Å². The van der Waals surface area contributed by atoms with Crippen LogP contribution in [0, 0.1) is 0 Å². The van der Waals surface area contributed by atoms with Gasteiger partial charge in [-0.1, -0.05) is 60.7 Å². The van der Waals surface area contributed by atoms with Gasteiger partial charge in [-0.3, -0.25) is 0 Å². The molecule has 3 aromatic carbocycles. The Balaban J connectivity index is 1.15. The van der Waals surface area contributed by atoms with Gasteiger partial charge in [-0.25, -0.2) is 0 Å².